The van der Waals surface area contributed by atoms with Gasteiger partial charge in [-0.05, 0) is 77.0 Å². The second-order valence-corrected chi connectivity index (χ2v) is 18.5. The summed E-state index contributed by atoms with van der Waals surface area (Å²) in [6, 6.07) is 0. The summed E-state index contributed by atoms with van der Waals surface area (Å²) >= 11 is 0. The quantitative estimate of drug-likeness (QED) is 0.0228. The largest absolute Gasteiger partial charge is 0.479 e. The van der Waals surface area contributed by atoms with Crippen molar-refractivity contribution >= 4 is 23.9 Å². The van der Waals surface area contributed by atoms with Crippen molar-refractivity contribution in [2.45, 2.75) is 250 Å². The van der Waals surface area contributed by atoms with Crippen LogP contribution in [0.4, 0.5) is 0 Å². The molecule has 0 spiro atoms. The Labute approximate surface area is 429 Å². The first-order valence-electron chi connectivity index (χ1n) is 27.6. The molecule has 0 aromatic heterocycles. The Morgan fingerprint density at radius 1 is 0.479 bits per heavy atom. The van der Waals surface area contributed by atoms with Gasteiger partial charge in [-0.2, -0.15) is 0 Å². The molecule has 12 heteroatoms. The number of hydrogen-bond acceptors (Lipinski definition) is 11. The van der Waals surface area contributed by atoms with Gasteiger partial charge in [-0.15, -0.1) is 0 Å². The van der Waals surface area contributed by atoms with Gasteiger partial charge in [-0.25, -0.2) is 4.79 Å². The van der Waals surface area contributed by atoms with Crippen LogP contribution in [0.1, 0.15) is 213 Å². The molecule has 6 unspecified atom stereocenters. The summed E-state index contributed by atoms with van der Waals surface area (Å²) in [6.45, 7) is 5.69. The number of hydrogen-bond donors (Lipinski definition) is 3. The summed E-state index contributed by atoms with van der Waals surface area (Å²) in [5, 5.41) is 31.3. The van der Waals surface area contributed by atoms with E-state index in [-0.39, 0.29) is 25.9 Å². The van der Waals surface area contributed by atoms with Crippen molar-refractivity contribution in [2.24, 2.45) is 0 Å². The van der Waals surface area contributed by atoms with Gasteiger partial charge in [0.25, 0.3) is 0 Å². The Bertz CT molecular complexity index is 1560. The molecule has 0 radical (unpaired) electrons. The third-order valence-corrected chi connectivity index (χ3v) is 12.0. The van der Waals surface area contributed by atoms with E-state index in [4.69, 9.17) is 23.7 Å². The van der Waals surface area contributed by atoms with Crippen molar-refractivity contribution < 1.29 is 58.2 Å². The van der Waals surface area contributed by atoms with Gasteiger partial charge in [0.05, 0.1) is 6.61 Å². The van der Waals surface area contributed by atoms with Gasteiger partial charge in [0.1, 0.15) is 18.8 Å². The van der Waals surface area contributed by atoms with Crippen LogP contribution in [-0.4, -0.2) is 89.2 Å². The van der Waals surface area contributed by atoms with E-state index in [0.717, 1.165) is 96.3 Å². The van der Waals surface area contributed by atoms with Gasteiger partial charge in [-0.3, -0.25) is 14.4 Å². The first kappa shape index (κ1) is 64.9. The van der Waals surface area contributed by atoms with Crippen LogP contribution < -0.4 is 0 Å². The van der Waals surface area contributed by atoms with E-state index in [9.17, 15) is 34.5 Å². The van der Waals surface area contributed by atoms with E-state index in [1.165, 1.54) is 51.4 Å². The Balaban J connectivity index is 2.74. The molecule has 71 heavy (non-hydrogen) atoms. The lowest BCUT2D eigenvalue weighted by Gasteiger charge is -2.40. The summed E-state index contributed by atoms with van der Waals surface area (Å²) in [6.07, 6.45) is 47.3. The molecule has 0 amide bonds. The van der Waals surface area contributed by atoms with Gasteiger partial charge in [0, 0.05) is 19.3 Å². The zero-order valence-corrected chi connectivity index (χ0v) is 44.2. The van der Waals surface area contributed by atoms with Crippen LogP contribution in [0.25, 0.3) is 0 Å². The van der Waals surface area contributed by atoms with Crippen LogP contribution >= 0.6 is 0 Å². The molecule has 1 saturated heterocycles. The number of carbonyl (C=O) groups is 4. The highest BCUT2D eigenvalue weighted by molar-refractivity contribution is 5.74. The van der Waals surface area contributed by atoms with Gasteiger partial charge in [-0.1, -0.05) is 202 Å². The molecule has 1 aliphatic heterocycles. The van der Waals surface area contributed by atoms with Gasteiger partial charge in [0.15, 0.2) is 24.6 Å². The Morgan fingerprint density at radius 2 is 0.915 bits per heavy atom. The number of carbonyl (C=O) groups excluding carboxylic acids is 3. The number of esters is 3. The molecule has 0 aliphatic carbocycles. The predicted molar refractivity (Wildman–Crippen MR) is 284 cm³/mol. The number of aliphatic hydroxyl groups is 2. The third kappa shape index (κ3) is 37.3. The predicted octanol–water partition coefficient (Wildman–Crippen LogP) is 13.6. The first-order valence-corrected chi connectivity index (χ1v) is 27.6. The van der Waals surface area contributed by atoms with E-state index in [1.807, 2.05) is 18.2 Å². The van der Waals surface area contributed by atoms with Crippen LogP contribution in [0.5, 0.6) is 0 Å². The number of carboxylic acids is 1. The molecule has 3 N–H and O–H groups in total. The lowest BCUT2D eigenvalue weighted by atomic mass is 9.98. The molecule has 1 fully saturated rings. The van der Waals surface area contributed by atoms with Crippen molar-refractivity contribution in [1.29, 1.82) is 0 Å². The van der Waals surface area contributed by atoms with Crippen LogP contribution in [0.3, 0.4) is 0 Å². The highest BCUT2D eigenvalue weighted by Crippen LogP contribution is 2.26. The summed E-state index contributed by atoms with van der Waals surface area (Å²) in [4.78, 5) is 50.9. The van der Waals surface area contributed by atoms with Crippen molar-refractivity contribution in [3.05, 3.63) is 85.1 Å². The van der Waals surface area contributed by atoms with Gasteiger partial charge >= 0.3 is 23.9 Å². The molecule has 0 aromatic carbocycles. The maximum absolute atomic E-state index is 13.1. The van der Waals surface area contributed by atoms with Crippen molar-refractivity contribution in [1.82, 2.24) is 0 Å². The SMILES string of the molecule is CC/C=C\C/C=C\C/C=C\C/C=C\CCC(=O)OC1C(OCC(COC(=O)CCCCCCCCC/C=C\C/C=C\C/C=C\CC)OC(=O)CCCCCCCCCCCCC)OC(C(=O)O)C(O)C1O. The lowest BCUT2D eigenvalue weighted by Crippen LogP contribution is -2.61. The lowest BCUT2D eigenvalue weighted by molar-refractivity contribution is -0.301. The number of unbranched alkanes of at least 4 members (excludes halogenated alkanes) is 17. The fraction of sp³-hybridized carbons (Fsp3) is 0.695. The summed E-state index contributed by atoms with van der Waals surface area (Å²) < 4.78 is 28.2. The molecule has 1 heterocycles. The topological polar surface area (TPSA) is 175 Å². The van der Waals surface area contributed by atoms with Crippen molar-refractivity contribution in [2.75, 3.05) is 13.2 Å². The summed E-state index contributed by atoms with van der Waals surface area (Å²) in [7, 11) is 0. The van der Waals surface area contributed by atoms with Crippen molar-refractivity contribution in [3.63, 3.8) is 0 Å². The molecule has 6 atom stereocenters. The fourth-order valence-corrected chi connectivity index (χ4v) is 7.81. The minimum absolute atomic E-state index is 0.0634. The maximum atomic E-state index is 13.1. The van der Waals surface area contributed by atoms with E-state index < -0.39 is 67.3 Å². The molecular weight excluding hydrogens is 901 g/mol. The smallest absolute Gasteiger partial charge is 0.335 e. The maximum Gasteiger partial charge on any atom is 0.335 e. The first-order chi connectivity index (χ1) is 34.6. The van der Waals surface area contributed by atoms with E-state index in [0.29, 0.717) is 25.7 Å². The van der Waals surface area contributed by atoms with Crippen molar-refractivity contribution in [3.8, 4) is 0 Å². The highest BCUT2D eigenvalue weighted by Gasteiger charge is 2.50. The third-order valence-electron chi connectivity index (χ3n) is 12.0. The number of carboxylic acid groups (broad SMARTS) is 1. The summed E-state index contributed by atoms with van der Waals surface area (Å²) in [5.74, 6) is -3.24. The number of ether oxygens (including phenoxy) is 5. The van der Waals surface area contributed by atoms with E-state index in [1.54, 1.807) is 0 Å². The zero-order valence-electron chi connectivity index (χ0n) is 44.2. The number of allylic oxidation sites excluding steroid dienone is 14. The number of aliphatic carboxylic acids is 1. The zero-order chi connectivity index (χ0) is 51.8. The average Bonchev–Trinajstić information content (AvgIpc) is 3.35. The number of aliphatic hydroxyl groups excluding tert-OH is 2. The molecule has 0 saturated carbocycles. The second-order valence-electron chi connectivity index (χ2n) is 18.5. The molecule has 1 aliphatic rings. The van der Waals surface area contributed by atoms with Crippen LogP contribution in [0.2, 0.25) is 0 Å². The standard InChI is InChI=1S/C59H96O12/c1-4-7-10-13-16-19-22-24-25-26-27-29-31-33-36-39-42-45-51(60)67-48-50(69-52(61)46-43-40-37-34-30-21-18-15-12-9-6-3)49-68-59-57(55(64)54(63)56(71-59)58(65)66)70-53(62)47-44-41-38-35-32-28-23-20-17-14-11-8-5-2/h7-8,10-11,16-17,19-20,24-25,28,32,38,41,50,54-57,59,63-64H,4-6,9,12-15,18,21-23,26-27,29-31,33-37,39-40,42-49H2,1-3H3,(H,65,66)/b10-7-,11-8-,19-16-,20-17-,25-24-,32-28-,41-38-. The van der Waals surface area contributed by atoms with Crippen LogP contribution in [0.15, 0.2) is 85.1 Å². The molecule has 1 rings (SSSR count). The Kier molecular flexibility index (Phi) is 42.9. The van der Waals surface area contributed by atoms with E-state index >= 15 is 0 Å². The van der Waals surface area contributed by atoms with E-state index in [2.05, 4.69) is 87.6 Å². The minimum atomic E-state index is -1.93. The van der Waals surface area contributed by atoms with Crippen LogP contribution in [-0.2, 0) is 42.9 Å². The molecular formula is C59H96O12. The fourth-order valence-electron chi connectivity index (χ4n) is 7.81. The highest BCUT2D eigenvalue weighted by atomic mass is 16.7. The normalized spacial score (nSPS) is 19.1. The average molecular weight is 997 g/mol. The number of rotatable bonds is 45. The van der Waals surface area contributed by atoms with Gasteiger partial charge in [0.2, 0.25) is 0 Å². The minimum Gasteiger partial charge on any atom is -0.479 e. The van der Waals surface area contributed by atoms with Gasteiger partial charge < -0.3 is 39.0 Å². The Morgan fingerprint density at radius 3 is 1.41 bits per heavy atom. The summed E-state index contributed by atoms with van der Waals surface area (Å²) in [5.41, 5.74) is 0. The monoisotopic (exact) mass is 997 g/mol. The van der Waals surface area contributed by atoms with Crippen LogP contribution in [0, 0.1) is 0 Å². The second kappa shape index (κ2) is 46.9. The molecule has 0 aromatic rings. The molecule has 12 nitrogen and oxygen atoms in total. The molecule has 404 valence electrons. The Hall–Kier alpha value is -4.10. The molecule has 0 bridgehead atoms.